The highest BCUT2D eigenvalue weighted by Crippen LogP contribution is 2.28. The Morgan fingerprint density at radius 1 is 1.05 bits per heavy atom. The van der Waals surface area contributed by atoms with Crippen LogP contribution < -0.4 is 5.32 Å². The van der Waals surface area contributed by atoms with Crippen LogP contribution in [-0.2, 0) is 22.5 Å². The van der Waals surface area contributed by atoms with Crippen LogP contribution in [-0.4, -0.2) is 44.7 Å². The number of H-pyrrole nitrogens is 1. The number of hydrogen-bond donors (Lipinski definition) is 3. The highest BCUT2D eigenvalue weighted by Gasteiger charge is 2.18. The quantitative estimate of drug-likeness (QED) is 0.152. The Labute approximate surface area is 246 Å². The molecule has 42 heavy (non-hydrogen) atoms. The predicted octanol–water partition coefficient (Wildman–Crippen LogP) is 6.03. The number of hydrogen-bond acceptors (Lipinski definition) is 5. The van der Waals surface area contributed by atoms with E-state index in [1.165, 1.54) is 0 Å². The first-order valence-corrected chi connectivity index (χ1v) is 14.3. The molecule has 0 aliphatic heterocycles. The number of rotatable bonds is 13. The van der Waals surface area contributed by atoms with E-state index >= 15 is 0 Å². The van der Waals surface area contributed by atoms with Crippen LogP contribution in [0.3, 0.4) is 0 Å². The van der Waals surface area contributed by atoms with Crippen LogP contribution in [0.4, 0.5) is 5.69 Å². The van der Waals surface area contributed by atoms with Gasteiger partial charge in [-0.15, -0.1) is 5.10 Å². The molecule has 5 rings (SSSR count). The van der Waals surface area contributed by atoms with Crippen LogP contribution in [0, 0.1) is 5.92 Å². The van der Waals surface area contributed by atoms with Gasteiger partial charge in [0.15, 0.2) is 0 Å². The smallest absolute Gasteiger partial charge is 0.228 e. The van der Waals surface area contributed by atoms with E-state index in [0.717, 1.165) is 45.4 Å². The van der Waals surface area contributed by atoms with Gasteiger partial charge < -0.3 is 20.1 Å². The summed E-state index contributed by atoms with van der Waals surface area (Å²) in [7, 11) is 1.72. The number of carbonyl (C=O) groups excluding carboxylic acids is 1. The largest absolute Gasteiger partial charge is 0.395 e. The number of ether oxygens (including phenoxy) is 1. The molecule has 0 radical (unpaired) electrons. The van der Waals surface area contributed by atoms with Gasteiger partial charge in [-0.05, 0) is 41.3 Å². The molecule has 0 fully saturated rings. The molecular formula is C34H37N5O3. The summed E-state index contributed by atoms with van der Waals surface area (Å²) < 4.78 is 7.65. The van der Waals surface area contributed by atoms with Crippen molar-refractivity contribution in [3.63, 3.8) is 0 Å². The van der Waals surface area contributed by atoms with Crippen molar-refractivity contribution in [1.29, 1.82) is 0 Å². The van der Waals surface area contributed by atoms with Crippen LogP contribution in [0.1, 0.15) is 47.8 Å². The van der Waals surface area contributed by atoms with E-state index in [1.54, 1.807) is 7.11 Å². The third-order valence-electron chi connectivity index (χ3n) is 7.54. The van der Waals surface area contributed by atoms with Crippen LogP contribution in [0.15, 0.2) is 103 Å². The van der Waals surface area contributed by atoms with Gasteiger partial charge in [0.2, 0.25) is 5.91 Å². The second-order valence-electron chi connectivity index (χ2n) is 10.5. The number of aromatic amines is 1. The minimum Gasteiger partial charge on any atom is -0.395 e. The van der Waals surface area contributed by atoms with E-state index < -0.39 is 0 Å². The summed E-state index contributed by atoms with van der Waals surface area (Å²) in [6, 6.07) is 25.7. The number of carbonyl (C=O) groups is 1. The van der Waals surface area contributed by atoms with Gasteiger partial charge in [0.05, 0.1) is 30.7 Å². The average molecular weight is 564 g/mol. The Balaban J connectivity index is 1.12. The summed E-state index contributed by atoms with van der Waals surface area (Å²) in [4.78, 5) is 15.9. The summed E-state index contributed by atoms with van der Waals surface area (Å²) in [5.41, 5.74) is 5.59. The van der Waals surface area contributed by atoms with E-state index in [9.17, 15) is 9.90 Å². The Hall–Kier alpha value is -4.53. The first-order valence-electron chi connectivity index (χ1n) is 14.3. The minimum atomic E-state index is -0.183. The number of para-hydroxylation sites is 1. The molecule has 3 aromatic carbocycles. The van der Waals surface area contributed by atoms with Gasteiger partial charge in [0.25, 0.3) is 0 Å². The lowest BCUT2D eigenvalue weighted by atomic mass is 9.96. The molecule has 0 aliphatic rings. The molecule has 3 atom stereocenters. The zero-order chi connectivity index (χ0) is 29.3. The Bertz CT molecular complexity index is 1610. The van der Waals surface area contributed by atoms with Crippen molar-refractivity contribution >= 4 is 22.5 Å². The van der Waals surface area contributed by atoms with E-state index in [4.69, 9.17) is 4.74 Å². The Morgan fingerprint density at radius 3 is 2.57 bits per heavy atom. The van der Waals surface area contributed by atoms with Gasteiger partial charge in [0.1, 0.15) is 0 Å². The van der Waals surface area contributed by atoms with Crippen LogP contribution in [0.2, 0.25) is 0 Å². The van der Waals surface area contributed by atoms with Gasteiger partial charge in [-0.2, -0.15) is 0 Å². The standard InChI is InChI=1S/C34H37N5O3/c1-24(10-8-9-19-39-22-32(37-38-39)30(23-40)25-11-4-3-5-12-25)34(42-2)26-15-17-28(18-16-26)36-33(41)20-27-21-35-31-14-7-6-13-29(27)31/h3-8,10-18,21-22,24,30,34-35,40H,9,19-20,23H2,1-2H3,(H,36,41)/b10-8+/t24-,30?,34+/m0/s1. The fraction of sp³-hybridized carbons (Fsp3) is 0.265. The number of allylic oxidation sites excluding steroid dienone is 1. The molecule has 1 amide bonds. The molecular weight excluding hydrogens is 526 g/mol. The topological polar surface area (TPSA) is 105 Å². The summed E-state index contributed by atoms with van der Waals surface area (Å²) in [5, 5.41) is 22.5. The maximum absolute atomic E-state index is 12.7. The van der Waals surface area contributed by atoms with E-state index in [1.807, 2.05) is 95.9 Å². The maximum atomic E-state index is 12.7. The zero-order valence-electron chi connectivity index (χ0n) is 24.0. The molecule has 8 nitrogen and oxygen atoms in total. The van der Waals surface area contributed by atoms with Crippen molar-refractivity contribution in [1.82, 2.24) is 20.0 Å². The summed E-state index contributed by atoms with van der Waals surface area (Å²) in [5.74, 6) is -0.101. The van der Waals surface area contributed by atoms with Gasteiger partial charge in [-0.3, -0.25) is 9.48 Å². The maximum Gasteiger partial charge on any atom is 0.228 e. The summed E-state index contributed by atoms with van der Waals surface area (Å²) >= 11 is 0. The average Bonchev–Trinajstić information content (AvgIpc) is 3.65. The zero-order valence-corrected chi connectivity index (χ0v) is 24.0. The minimum absolute atomic E-state index is 0.0170. The van der Waals surface area contributed by atoms with Crippen LogP contribution >= 0.6 is 0 Å². The SMILES string of the molecule is CO[C@@H](c1ccc(NC(=O)Cc2c[nH]c3ccccc23)cc1)[C@@H](C)/C=C/CCn1cc(C(CO)c2ccccc2)nn1. The van der Waals surface area contributed by atoms with Crippen LogP contribution in [0.5, 0.6) is 0 Å². The lowest BCUT2D eigenvalue weighted by Gasteiger charge is -2.21. The van der Waals surface area contributed by atoms with Gasteiger partial charge in [-0.25, -0.2) is 0 Å². The number of anilines is 1. The van der Waals surface area contributed by atoms with Crippen molar-refractivity contribution < 1.29 is 14.6 Å². The van der Waals surface area contributed by atoms with E-state index in [2.05, 4.69) is 39.7 Å². The number of nitrogens with one attached hydrogen (secondary N) is 2. The number of aromatic nitrogens is 4. The van der Waals surface area contributed by atoms with Crippen molar-refractivity contribution in [2.75, 3.05) is 19.0 Å². The van der Waals surface area contributed by atoms with Crippen molar-refractivity contribution in [2.24, 2.45) is 5.92 Å². The Morgan fingerprint density at radius 2 is 1.81 bits per heavy atom. The second-order valence-corrected chi connectivity index (χ2v) is 10.5. The van der Waals surface area contributed by atoms with Gasteiger partial charge in [-0.1, -0.05) is 85.0 Å². The van der Waals surface area contributed by atoms with Crippen molar-refractivity contribution in [3.05, 3.63) is 126 Å². The highest BCUT2D eigenvalue weighted by molar-refractivity contribution is 5.95. The van der Waals surface area contributed by atoms with Crippen LogP contribution in [0.25, 0.3) is 10.9 Å². The lowest BCUT2D eigenvalue weighted by molar-refractivity contribution is -0.115. The fourth-order valence-electron chi connectivity index (χ4n) is 5.32. The number of aliphatic hydroxyl groups is 1. The number of fused-ring (bicyclic) bond motifs is 1. The molecule has 0 bridgehead atoms. The molecule has 8 heteroatoms. The first-order chi connectivity index (χ1) is 20.6. The van der Waals surface area contributed by atoms with Gasteiger partial charge in [0, 0.05) is 48.6 Å². The fourth-order valence-corrected chi connectivity index (χ4v) is 5.32. The summed E-state index contributed by atoms with van der Waals surface area (Å²) in [6.45, 7) is 2.80. The first kappa shape index (κ1) is 29.0. The Kier molecular flexibility index (Phi) is 9.59. The third kappa shape index (κ3) is 7.02. The molecule has 0 saturated heterocycles. The lowest BCUT2D eigenvalue weighted by Crippen LogP contribution is -2.14. The molecule has 5 aromatic rings. The van der Waals surface area contributed by atoms with E-state index in [-0.39, 0.29) is 30.5 Å². The molecule has 0 spiro atoms. The molecule has 0 aliphatic carbocycles. The number of benzene rings is 3. The molecule has 3 N–H and O–H groups in total. The van der Waals surface area contributed by atoms with Crippen molar-refractivity contribution in [2.45, 2.75) is 38.3 Å². The van der Waals surface area contributed by atoms with Crippen molar-refractivity contribution in [3.8, 4) is 0 Å². The van der Waals surface area contributed by atoms with E-state index in [0.29, 0.717) is 13.0 Å². The molecule has 1 unspecified atom stereocenters. The second kappa shape index (κ2) is 13.9. The van der Waals surface area contributed by atoms with Gasteiger partial charge >= 0.3 is 0 Å². The molecule has 2 aromatic heterocycles. The number of nitrogens with zero attached hydrogens (tertiary/aromatic N) is 3. The highest BCUT2D eigenvalue weighted by atomic mass is 16.5. The number of aliphatic hydroxyl groups excluding tert-OH is 1. The number of amides is 1. The molecule has 2 heterocycles. The monoisotopic (exact) mass is 563 g/mol. The molecule has 0 saturated carbocycles. The number of methoxy groups -OCH3 is 1. The third-order valence-corrected chi connectivity index (χ3v) is 7.54. The predicted molar refractivity (Wildman–Crippen MR) is 165 cm³/mol. The number of aryl methyl sites for hydroxylation is 1. The normalized spacial score (nSPS) is 13.8. The summed E-state index contributed by atoms with van der Waals surface area (Å²) in [6.07, 6.45) is 9.07. The molecule has 216 valence electrons.